The molecule has 7 heteroatoms. The average molecular weight is 259 g/mol. The van der Waals surface area contributed by atoms with Crippen LogP contribution in [0.25, 0.3) is 0 Å². The maximum Gasteiger partial charge on any atom is 0.280 e. The van der Waals surface area contributed by atoms with E-state index in [1.54, 1.807) is 0 Å². The van der Waals surface area contributed by atoms with E-state index in [-0.39, 0.29) is 0 Å². The van der Waals surface area contributed by atoms with Gasteiger partial charge < -0.3 is 5.73 Å². The second-order valence-corrected chi connectivity index (χ2v) is 5.47. The van der Waals surface area contributed by atoms with Crippen LogP contribution < -0.4 is 5.73 Å². The summed E-state index contributed by atoms with van der Waals surface area (Å²) in [6.07, 6.45) is -1.23. The zero-order valence-electron chi connectivity index (χ0n) is 8.70. The molecule has 0 aromatic rings. The maximum atomic E-state index is 13.8. The van der Waals surface area contributed by atoms with Crippen molar-refractivity contribution < 1.29 is 26.3 Å². The molecule has 0 aliphatic heterocycles. The van der Waals surface area contributed by atoms with Gasteiger partial charge in [0.25, 0.3) is 17.8 Å². The molecule has 4 aliphatic rings. The van der Waals surface area contributed by atoms with E-state index in [4.69, 9.17) is 5.73 Å². The summed E-state index contributed by atoms with van der Waals surface area (Å²) in [4.78, 5) is 0. The lowest BCUT2D eigenvalue weighted by Gasteiger charge is -2.65. The van der Waals surface area contributed by atoms with Crippen molar-refractivity contribution in [3.63, 3.8) is 0 Å². The topological polar surface area (TPSA) is 26.0 Å². The number of alkyl halides is 6. The maximum absolute atomic E-state index is 13.8. The Labute approximate surface area is 93.3 Å². The summed E-state index contributed by atoms with van der Waals surface area (Å²) in [6, 6.07) is 0. The fourth-order valence-electron chi connectivity index (χ4n) is 3.84. The molecule has 0 saturated heterocycles. The average Bonchev–Trinajstić information content (AvgIpc) is 2.23. The van der Waals surface area contributed by atoms with Crippen molar-refractivity contribution in [1.82, 2.24) is 0 Å². The normalized spacial score (nSPS) is 52.8. The van der Waals surface area contributed by atoms with Crippen molar-refractivity contribution in [3.8, 4) is 0 Å². The van der Waals surface area contributed by atoms with Gasteiger partial charge in [-0.15, -0.1) is 0 Å². The van der Waals surface area contributed by atoms with Gasteiger partial charge in [0.15, 0.2) is 0 Å². The highest BCUT2D eigenvalue weighted by atomic mass is 19.3. The van der Waals surface area contributed by atoms with Crippen LogP contribution in [0.15, 0.2) is 0 Å². The Morgan fingerprint density at radius 1 is 0.647 bits per heavy atom. The molecule has 0 amide bonds. The van der Waals surface area contributed by atoms with E-state index in [9.17, 15) is 26.3 Å². The molecule has 0 heterocycles. The quantitative estimate of drug-likeness (QED) is 0.665. The molecule has 4 fully saturated rings. The van der Waals surface area contributed by atoms with Gasteiger partial charge in [0.05, 0.1) is 0 Å². The van der Waals surface area contributed by atoms with E-state index in [2.05, 4.69) is 0 Å². The lowest BCUT2D eigenvalue weighted by Crippen LogP contribution is -2.87. The Kier molecular flexibility index (Phi) is 1.78. The predicted molar refractivity (Wildman–Crippen MR) is 46.1 cm³/mol. The van der Waals surface area contributed by atoms with Crippen LogP contribution in [0, 0.1) is 17.8 Å². The first-order chi connectivity index (χ1) is 7.57. The summed E-state index contributed by atoms with van der Waals surface area (Å²) in [5.41, 5.74) is 0.892. The number of hydrogen-bond donors (Lipinski definition) is 1. The number of nitrogens with two attached hydrogens (primary N) is 1. The first-order valence-electron chi connectivity index (χ1n) is 5.49. The van der Waals surface area contributed by atoms with E-state index >= 15 is 0 Å². The van der Waals surface area contributed by atoms with E-state index in [0.29, 0.717) is 0 Å². The van der Waals surface area contributed by atoms with Gasteiger partial charge in [-0.05, 0) is 19.3 Å². The largest absolute Gasteiger partial charge is 0.310 e. The Morgan fingerprint density at radius 3 is 1.12 bits per heavy atom. The smallest absolute Gasteiger partial charge is 0.280 e. The summed E-state index contributed by atoms with van der Waals surface area (Å²) in [7, 11) is 0. The van der Waals surface area contributed by atoms with E-state index in [1.165, 1.54) is 0 Å². The molecule has 0 aromatic heterocycles. The first-order valence-corrected chi connectivity index (χ1v) is 5.49. The van der Waals surface area contributed by atoms with Gasteiger partial charge in [0.1, 0.15) is 0 Å². The monoisotopic (exact) mass is 259 g/mol. The molecule has 0 unspecified atom stereocenters. The number of hydrogen-bond acceptors (Lipinski definition) is 1. The van der Waals surface area contributed by atoms with Crippen LogP contribution in [0.3, 0.4) is 0 Å². The molecule has 0 spiro atoms. The van der Waals surface area contributed by atoms with Gasteiger partial charge in [-0.1, -0.05) is 0 Å². The van der Waals surface area contributed by atoms with E-state index in [0.717, 1.165) is 0 Å². The first kappa shape index (κ1) is 11.6. The minimum atomic E-state index is -4.21. The molecule has 4 saturated carbocycles. The number of rotatable bonds is 0. The second-order valence-electron chi connectivity index (χ2n) is 5.47. The molecule has 4 rings (SSSR count). The van der Waals surface area contributed by atoms with Crippen molar-refractivity contribution in [3.05, 3.63) is 0 Å². The Balaban J connectivity index is 2.24. The molecular weight excluding hydrogens is 248 g/mol. The summed E-state index contributed by atoms with van der Waals surface area (Å²) in [6.45, 7) is 0. The second kappa shape index (κ2) is 2.60. The highest BCUT2D eigenvalue weighted by molar-refractivity contribution is 5.29. The molecule has 4 bridgehead atoms. The highest BCUT2D eigenvalue weighted by Gasteiger charge is 2.89. The molecule has 4 aliphatic carbocycles. The van der Waals surface area contributed by atoms with Crippen molar-refractivity contribution in [2.24, 2.45) is 23.5 Å². The summed E-state index contributed by atoms with van der Waals surface area (Å²) < 4.78 is 82.8. The molecule has 17 heavy (non-hydrogen) atoms. The Morgan fingerprint density at radius 2 is 0.882 bits per heavy atom. The van der Waals surface area contributed by atoms with Gasteiger partial charge in [0.2, 0.25) is 5.54 Å². The van der Waals surface area contributed by atoms with Crippen LogP contribution >= 0.6 is 0 Å². The summed E-state index contributed by atoms with van der Waals surface area (Å²) >= 11 is 0. The van der Waals surface area contributed by atoms with E-state index in [1.807, 2.05) is 0 Å². The molecule has 2 N–H and O–H groups in total. The molecule has 0 atom stereocenters. The fraction of sp³-hybridized carbons (Fsp3) is 1.00. The fourth-order valence-corrected chi connectivity index (χ4v) is 3.84. The number of halogens is 6. The zero-order valence-corrected chi connectivity index (χ0v) is 8.70. The summed E-state index contributed by atoms with van der Waals surface area (Å²) in [5.74, 6) is -16.9. The Bertz CT molecular complexity index is 318. The third-order valence-electron chi connectivity index (χ3n) is 4.82. The van der Waals surface area contributed by atoms with Crippen LogP contribution in [-0.4, -0.2) is 23.3 Å². The van der Waals surface area contributed by atoms with Crippen molar-refractivity contribution in [2.45, 2.75) is 42.6 Å². The third-order valence-corrected chi connectivity index (χ3v) is 4.82. The van der Waals surface area contributed by atoms with E-state index < -0.39 is 60.3 Å². The molecule has 1 nitrogen and oxygen atoms in total. The van der Waals surface area contributed by atoms with Gasteiger partial charge >= 0.3 is 0 Å². The van der Waals surface area contributed by atoms with Crippen LogP contribution in [-0.2, 0) is 0 Å². The van der Waals surface area contributed by atoms with Crippen molar-refractivity contribution >= 4 is 0 Å². The lowest BCUT2D eigenvalue weighted by atomic mass is 9.47. The Hall–Kier alpha value is -0.460. The van der Waals surface area contributed by atoms with Gasteiger partial charge in [0, 0.05) is 17.8 Å². The van der Waals surface area contributed by atoms with Crippen LogP contribution in [0.1, 0.15) is 19.3 Å². The van der Waals surface area contributed by atoms with Crippen molar-refractivity contribution in [1.29, 1.82) is 0 Å². The van der Waals surface area contributed by atoms with Crippen LogP contribution in [0.5, 0.6) is 0 Å². The molecule has 0 radical (unpaired) electrons. The highest BCUT2D eigenvalue weighted by Crippen LogP contribution is 2.71. The lowest BCUT2D eigenvalue weighted by molar-refractivity contribution is -0.388. The third kappa shape index (κ3) is 0.891. The molecular formula is C10H11F6N. The van der Waals surface area contributed by atoms with Crippen LogP contribution in [0.4, 0.5) is 26.3 Å². The molecule has 0 aromatic carbocycles. The van der Waals surface area contributed by atoms with Gasteiger partial charge in [-0.25, -0.2) is 26.3 Å². The summed E-state index contributed by atoms with van der Waals surface area (Å²) in [5, 5.41) is 0. The SMILES string of the molecule is NC12C(F)(F)C3CC(CC(C3)C1(F)F)C2(F)F. The van der Waals surface area contributed by atoms with Crippen LogP contribution in [0.2, 0.25) is 0 Å². The van der Waals surface area contributed by atoms with Crippen molar-refractivity contribution in [2.75, 3.05) is 0 Å². The standard InChI is InChI=1S/C10H11F6N/c11-7(12)4-1-5-3-6(2-4)9(15,16)10(7,17)8(5,13)14/h4-6H,1-3,17H2. The zero-order chi connectivity index (χ0) is 12.9. The molecule has 98 valence electrons. The predicted octanol–water partition coefficient (Wildman–Crippen LogP) is 2.65. The van der Waals surface area contributed by atoms with Gasteiger partial charge in [-0.3, -0.25) is 0 Å². The minimum Gasteiger partial charge on any atom is -0.310 e. The van der Waals surface area contributed by atoms with Gasteiger partial charge in [-0.2, -0.15) is 0 Å². The minimum absolute atomic E-state index is 0.411.